The van der Waals surface area contributed by atoms with Crippen LogP contribution in [0, 0.1) is 11.3 Å². The Balaban J connectivity index is 1.74. The number of nitrogens with one attached hydrogen (secondary N) is 1. The molecule has 0 saturated carbocycles. The predicted molar refractivity (Wildman–Crippen MR) is 109 cm³/mol. The molecule has 1 fully saturated rings. The van der Waals surface area contributed by atoms with Gasteiger partial charge in [-0.2, -0.15) is 13.9 Å². The topological polar surface area (TPSA) is 128 Å². The molecular formula is C19H20N4O5S2. The van der Waals surface area contributed by atoms with Crippen LogP contribution < -0.4 is 5.32 Å². The minimum Gasteiger partial charge on any atom is -0.326 e. The van der Waals surface area contributed by atoms with Gasteiger partial charge < -0.3 is 5.32 Å². The van der Waals surface area contributed by atoms with Gasteiger partial charge >= 0.3 is 0 Å². The monoisotopic (exact) mass is 448 g/mol. The van der Waals surface area contributed by atoms with Crippen molar-refractivity contribution >= 4 is 31.6 Å². The van der Waals surface area contributed by atoms with Gasteiger partial charge in [-0.1, -0.05) is 12.1 Å². The second kappa shape index (κ2) is 8.53. The number of carbonyl (C=O) groups is 1. The highest BCUT2D eigenvalue weighted by Gasteiger charge is 2.34. The first-order chi connectivity index (χ1) is 14.2. The number of hydrogen-bond donors (Lipinski definition) is 1. The van der Waals surface area contributed by atoms with Gasteiger partial charge in [-0.3, -0.25) is 4.79 Å². The summed E-state index contributed by atoms with van der Waals surface area (Å²) in [7, 11) is -7.71. The van der Waals surface area contributed by atoms with Crippen LogP contribution in [0.1, 0.15) is 12.5 Å². The number of carbonyl (C=O) groups excluding carboxylic acids is 1. The average molecular weight is 449 g/mol. The Hall–Kier alpha value is -2.78. The van der Waals surface area contributed by atoms with Crippen LogP contribution >= 0.6 is 0 Å². The SMILES string of the molecule is CC(=O)Nc1ccc(S(=O)(=O)N2CCN(S(=O)(=O)c3ccccc3C#N)CC2)cc1. The summed E-state index contributed by atoms with van der Waals surface area (Å²) in [6.07, 6.45) is 0. The Labute approximate surface area is 175 Å². The molecule has 3 rings (SSSR count). The number of piperazine rings is 1. The van der Waals surface area contributed by atoms with Crippen LogP contribution in [0.5, 0.6) is 0 Å². The van der Waals surface area contributed by atoms with Crippen LogP contribution in [0.25, 0.3) is 0 Å². The molecule has 2 aromatic rings. The molecule has 0 bridgehead atoms. The zero-order valence-corrected chi connectivity index (χ0v) is 17.8. The van der Waals surface area contributed by atoms with E-state index in [4.69, 9.17) is 0 Å². The van der Waals surface area contributed by atoms with Crippen molar-refractivity contribution in [3.8, 4) is 6.07 Å². The molecule has 0 radical (unpaired) electrons. The summed E-state index contributed by atoms with van der Waals surface area (Å²) in [5.41, 5.74) is 0.528. The number of amides is 1. The zero-order chi connectivity index (χ0) is 21.9. The highest BCUT2D eigenvalue weighted by Crippen LogP contribution is 2.24. The van der Waals surface area contributed by atoms with Crippen LogP contribution in [-0.2, 0) is 24.8 Å². The van der Waals surface area contributed by atoms with E-state index in [1.807, 2.05) is 6.07 Å². The first-order valence-corrected chi connectivity index (χ1v) is 11.9. The lowest BCUT2D eigenvalue weighted by Crippen LogP contribution is -2.50. The first kappa shape index (κ1) is 21.9. The van der Waals surface area contributed by atoms with Crippen molar-refractivity contribution in [2.24, 2.45) is 0 Å². The number of sulfonamides is 2. The third-order valence-electron chi connectivity index (χ3n) is 4.64. The van der Waals surface area contributed by atoms with E-state index in [1.165, 1.54) is 51.9 Å². The van der Waals surface area contributed by atoms with Gasteiger partial charge in [-0.05, 0) is 36.4 Å². The molecule has 0 spiro atoms. The summed E-state index contributed by atoms with van der Waals surface area (Å²) in [6.45, 7) is 1.29. The van der Waals surface area contributed by atoms with E-state index in [0.717, 1.165) is 0 Å². The van der Waals surface area contributed by atoms with Crippen LogP contribution in [0.15, 0.2) is 58.3 Å². The molecule has 1 aliphatic heterocycles. The van der Waals surface area contributed by atoms with Gasteiger partial charge in [-0.25, -0.2) is 16.8 Å². The first-order valence-electron chi connectivity index (χ1n) is 9.03. The third kappa shape index (κ3) is 4.36. The summed E-state index contributed by atoms with van der Waals surface area (Å²) < 4.78 is 53.9. The van der Waals surface area contributed by atoms with Gasteiger partial charge in [0.05, 0.1) is 15.4 Å². The molecule has 1 heterocycles. The lowest BCUT2D eigenvalue weighted by Gasteiger charge is -2.33. The molecule has 0 aliphatic carbocycles. The maximum atomic E-state index is 12.9. The minimum absolute atomic E-state index is 0.0102. The molecule has 0 unspecified atom stereocenters. The quantitative estimate of drug-likeness (QED) is 0.732. The minimum atomic E-state index is -3.91. The van der Waals surface area contributed by atoms with E-state index >= 15 is 0 Å². The summed E-state index contributed by atoms with van der Waals surface area (Å²) in [4.78, 5) is 11.1. The summed E-state index contributed by atoms with van der Waals surface area (Å²) in [5, 5.41) is 11.7. The van der Waals surface area contributed by atoms with Crippen molar-refractivity contribution in [3.05, 3.63) is 54.1 Å². The second-order valence-corrected chi connectivity index (χ2v) is 10.5. The summed E-state index contributed by atoms with van der Waals surface area (Å²) >= 11 is 0. The van der Waals surface area contributed by atoms with Gasteiger partial charge in [0.25, 0.3) is 0 Å². The molecule has 1 amide bonds. The fourth-order valence-electron chi connectivity index (χ4n) is 3.14. The van der Waals surface area contributed by atoms with Crippen molar-refractivity contribution in [1.82, 2.24) is 8.61 Å². The predicted octanol–water partition coefficient (Wildman–Crippen LogP) is 1.21. The van der Waals surface area contributed by atoms with Crippen molar-refractivity contribution in [3.63, 3.8) is 0 Å². The van der Waals surface area contributed by atoms with Crippen LogP contribution in [0.4, 0.5) is 5.69 Å². The lowest BCUT2D eigenvalue weighted by molar-refractivity contribution is -0.114. The number of benzene rings is 2. The Morgan fingerprint density at radius 2 is 1.43 bits per heavy atom. The lowest BCUT2D eigenvalue weighted by atomic mass is 10.2. The largest absolute Gasteiger partial charge is 0.326 e. The standard InChI is InChI=1S/C19H20N4O5S2/c1-15(24)21-17-6-8-18(9-7-17)29(25,26)22-10-12-23(13-11-22)30(27,28)19-5-3-2-4-16(19)14-20/h2-9H,10-13H2,1H3,(H,21,24). The molecule has 1 N–H and O–H groups in total. The third-order valence-corrected chi connectivity index (χ3v) is 8.51. The van der Waals surface area contributed by atoms with E-state index in [1.54, 1.807) is 12.1 Å². The van der Waals surface area contributed by atoms with Crippen LogP contribution in [-0.4, -0.2) is 57.5 Å². The van der Waals surface area contributed by atoms with Gasteiger partial charge in [-0.15, -0.1) is 0 Å². The molecule has 0 aromatic heterocycles. The van der Waals surface area contributed by atoms with Crippen molar-refractivity contribution in [2.45, 2.75) is 16.7 Å². The molecule has 2 aromatic carbocycles. The van der Waals surface area contributed by atoms with Crippen LogP contribution in [0.3, 0.4) is 0 Å². The fourth-order valence-corrected chi connectivity index (χ4v) is 6.12. The van der Waals surface area contributed by atoms with Gasteiger partial charge in [0.2, 0.25) is 26.0 Å². The molecule has 9 nitrogen and oxygen atoms in total. The average Bonchev–Trinajstić information content (AvgIpc) is 2.73. The Morgan fingerprint density at radius 3 is 1.97 bits per heavy atom. The van der Waals surface area contributed by atoms with E-state index in [-0.39, 0.29) is 47.4 Å². The molecule has 158 valence electrons. The molecular weight excluding hydrogens is 428 g/mol. The maximum absolute atomic E-state index is 12.9. The highest BCUT2D eigenvalue weighted by molar-refractivity contribution is 7.89. The maximum Gasteiger partial charge on any atom is 0.244 e. The molecule has 1 saturated heterocycles. The number of nitrogens with zero attached hydrogens (tertiary/aromatic N) is 3. The van der Waals surface area contributed by atoms with E-state index in [9.17, 15) is 26.9 Å². The summed E-state index contributed by atoms with van der Waals surface area (Å²) in [5.74, 6) is -0.263. The van der Waals surface area contributed by atoms with Crippen molar-refractivity contribution in [1.29, 1.82) is 5.26 Å². The van der Waals surface area contributed by atoms with E-state index < -0.39 is 20.0 Å². The van der Waals surface area contributed by atoms with Crippen molar-refractivity contribution < 1.29 is 21.6 Å². The van der Waals surface area contributed by atoms with Crippen molar-refractivity contribution in [2.75, 3.05) is 31.5 Å². The smallest absolute Gasteiger partial charge is 0.244 e. The molecule has 0 atom stereocenters. The molecule has 1 aliphatic rings. The number of rotatable bonds is 5. The Morgan fingerprint density at radius 1 is 0.900 bits per heavy atom. The van der Waals surface area contributed by atoms with Gasteiger partial charge in [0.15, 0.2) is 0 Å². The van der Waals surface area contributed by atoms with Crippen LogP contribution in [0.2, 0.25) is 0 Å². The normalized spacial score (nSPS) is 16.0. The molecule has 30 heavy (non-hydrogen) atoms. The van der Waals surface area contributed by atoms with E-state index in [2.05, 4.69) is 5.32 Å². The number of hydrogen-bond acceptors (Lipinski definition) is 6. The number of nitriles is 1. The Kier molecular flexibility index (Phi) is 6.23. The highest BCUT2D eigenvalue weighted by atomic mass is 32.2. The fraction of sp³-hybridized carbons (Fsp3) is 0.263. The van der Waals surface area contributed by atoms with Gasteiger partial charge in [0.1, 0.15) is 6.07 Å². The molecule has 11 heteroatoms. The number of anilines is 1. The zero-order valence-electron chi connectivity index (χ0n) is 16.1. The van der Waals surface area contributed by atoms with E-state index in [0.29, 0.717) is 5.69 Å². The summed E-state index contributed by atoms with van der Waals surface area (Å²) in [6, 6.07) is 13.6. The Bertz CT molecular complexity index is 1190. The second-order valence-electron chi connectivity index (χ2n) is 6.62. The van der Waals surface area contributed by atoms with Gasteiger partial charge in [0, 0.05) is 38.8 Å².